The summed E-state index contributed by atoms with van der Waals surface area (Å²) in [5.74, 6) is -0.233. The topological polar surface area (TPSA) is 46.1 Å². The molecule has 136 valence electrons. The van der Waals surface area contributed by atoms with Gasteiger partial charge in [0.25, 0.3) is 5.91 Å². The van der Waals surface area contributed by atoms with Crippen molar-refractivity contribution in [2.75, 3.05) is 4.90 Å². The van der Waals surface area contributed by atoms with Crippen LogP contribution in [-0.2, 0) is 6.54 Å². The molecular formula is C19H13Cl2N3OS2. The molecule has 8 heteroatoms. The van der Waals surface area contributed by atoms with Gasteiger partial charge in [-0.3, -0.25) is 14.7 Å². The van der Waals surface area contributed by atoms with Gasteiger partial charge in [0.15, 0.2) is 5.13 Å². The average Bonchev–Trinajstić information content (AvgIpc) is 3.23. The first-order chi connectivity index (χ1) is 13.0. The Bertz CT molecular complexity index is 1120. The molecule has 4 aromatic rings. The maximum atomic E-state index is 13.3. The van der Waals surface area contributed by atoms with E-state index in [1.807, 2.05) is 37.3 Å². The summed E-state index contributed by atoms with van der Waals surface area (Å²) in [4.78, 5) is 23.8. The highest BCUT2D eigenvalue weighted by Gasteiger charge is 2.25. The standard InChI is InChI=1S/C19H13Cl2N3OS2/c1-11-4-2-6-14-16(11)23-19(26-14)24(10-12-5-3-7-22-9-12)18(25)13-8-15(20)27-17(13)21/h2-9H,10H2,1H3. The minimum Gasteiger partial charge on any atom is -0.279 e. The van der Waals surface area contributed by atoms with E-state index >= 15 is 0 Å². The van der Waals surface area contributed by atoms with Gasteiger partial charge in [-0.2, -0.15) is 0 Å². The highest BCUT2D eigenvalue weighted by Crippen LogP contribution is 2.36. The van der Waals surface area contributed by atoms with E-state index < -0.39 is 0 Å². The lowest BCUT2D eigenvalue weighted by molar-refractivity contribution is 0.0985. The van der Waals surface area contributed by atoms with Crippen molar-refractivity contribution in [1.29, 1.82) is 0 Å². The third-order valence-electron chi connectivity index (χ3n) is 4.04. The van der Waals surface area contributed by atoms with Crippen molar-refractivity contribution in [3.05, 3.63) is 74.2 Å². The SMILES string of the molecule is Cc1cccc2sc(N(Cc3cccnc3)C(=O)c3cc(Cl)sc3Cl)nc12. The van der Waals surface area contributed by atoms with Crippen LogP contribution in [0.4, 0.5) is 5.13 Å². The zero-order valence-electron chi connectivity index (χ0n) is 14.1. The van der Waals surface area contributed by atoms with Gasteiger partial charge in [0, 0.05) is 12.4 Å². The number of pyridine rings is 1. The van der Waals surface area contributed by atoms with Gasteiger partial charge in [-0.05, 0) is 36.2 Å². The number of rotatable bonds is 4. The van der Waals surface area contributed by atoms with Gasteiger partial charge in [0.2, 0.25) is 0 Å². The Morgan fingerprint density at radius 3 is 2.70 bits per heavy atom. The second-order valence-electron chi connectivity index (χ2n) is 5.91. The molecule has 0 saturated carbocycles. The second-order valence-corrected chi connectivity index (χ2v) is 9.20. The summed E-state index contributed by atoms with van der Waals surface area (Å²) < 4.78 is 1.88. The maximum Gasteiger partial charge on any atom is 0.262 e. The van der Waals surface area contributed by atoms with Crippen molar-refractivity contribution in [3.8, 4) is 0 Å². The fourth-order valence-corrected chi connectivity index (χ4v) is 5.21. The second kappa shape index (κ2) is 7.56. The highest BCUT2D eigenvalue weighted by molar-refractivity contribution is 7.22. The van der Waals surface area contributed by atoms with E-state index in [2.05, 4.69) is 4.98 Å². The molecule has 1 aromatic carbocycles. The minimum absolute atomic E-state index is 0.233. The first-order valence-electron chi connectivity index (χ1n) is 8.04. The third kappa shape index (κ3) is 3.71. The number of para-hydroxylation sites is 1. The lowest BCUT2D eigenvalue weighted by Gasteiger charge is -2.19. The molecule has 4 nitrogen and oxygen atoms in total. The van der Waals surface area contributed by atoms with Crippen molar-refractivity contribution < 1.29 is 4.79 Å². The zero-order valence-corrected chi connectivity index (χ0v) is 17.3. The minimum atomic E-state index is -0.233. The smallest absolute Gasteiger partial charge is 0.262 e. The number of carbonyl (C=O) groups excluding carboxylic acids is 1. The number of halogens is 2. The summed E-state index contributed by atoms with van der Waals surface area (Å²) in [6.45, 7) is 2.35. The van der Waals surface area contributed by atoms with Gasteiger partial charge < -0.3 is 0 Å². The van der Waals surface area contributed by atoms with Crippen LogP contribution in [0.25, 0.3) is 10.2 Å². The number of aryl methyl sites for hydroxylation is 1. The van der Waals surface area contributed by atoms with Crippen LogP contribution >= 0.6 is 45.9 Å². The molecule has 0 aliphatic carbocycles. The van der Waals surface area contributed by atoms with Gasteiger partial charge >= 0.3 is 0 Å². The van der Waals surface area contributed by atoms with Crippen LogP contribution in [0.15, 0.2) is 48.8 Å². The first kappa shape index (κ1) is 18.4. The number of amides is 1. The number of anilines is 1. The van der Waals surface area contributed by atoms with Crippen LogP contribution in [-0.4, -0.2) is 15.9 Å². The Morgan fingerprint density at radius 1 is 1.19 bits per heavy atom. The lowest BCUT2D eigenvalue weighted by Crippen LogP contribution is -2.30. The lowest BCUT2D eigenvalue weighted by atomic mass is 10.2. The van der Waals surface area contributed by atoms with Gasteiger partial charge in [-0.25, -0.2) is 4.98 Å². The molecule has 3 aromatic heterocycles. The van der Waals surface area contributed by atoms with E-state index in [1.54, 1.807) is 23.4 Å². The van der Waals surface area contributed by atoms with E-state index in [1.165, 1.54) is 22.7 Å². The molecule has 0 saturated heterocycles. The average molecular weight is 434 g/mol. The Hall–Kier alpha value is -1.99. The summed E-state index contributed by atoms with van der Waals surface area (Å²) in [5, 5.41) is 0.617. The molecule has 3 heterocycles. The summed E-state index contributed by atoms with van der Waals surface area (Å²) >= 11 is 14.9. The number of benzene rings is 1. The number of nitrogens with zero attached hydrogens (tertiary/aromatic N) is 3. The molecule has 4 rings (SSSR count). The molecule has 0 bridgehead atoms. The summed E-state index contributed by atoms with van der Waals surface area (Å²) in [5.41, 5.74) is 3.25. The first-order valence-corrected chi connectivity index (χ1v) is 10.4. The molecule has 27 heavy (non-hydrogen) atoms. The summed E-state index contributed by atoms with van der Waals surface area (Å²) in [6.07, 6.45) is 3.44. The number of thiophene rings is 1. The Kier molecular flexibility index (Phi) is 5.14. The quantitative estimate of drug-likeness (QED) is 0.383. The van der Waals surface area contributed by atoms with E-state index in [0.29, 0.717) is 25.9 Å². The Labute approximate surface area is 174 Å². The van der Waals surface area contributed by atoms with Crippen LogP contribution in [0, 0.1) is 6.92 Å². The van der Waals surface area contributed by atoms with Crippen LogP contribution in [0.5, 0.6) is 0 Å². The number of fused-ring (bicyclic) bond motifs is 1. The molecule has 0 aliphatic heterocycles. The van der Waals surface area contributed by atoms with E-state index in [9.17, 15) is 4.79 Å². The normalized spacial score (nSPS) is 11.1. The van der Waals surface area contributed by atoms with Crippen LogP contribution in [0.2, 0.25) is 8.67 Å². The zero-order chi connectivity index (χ0) is 19.0. The van der Waals surface area contributed by atoms with Gasteiger partial charge in [0.1, 0.15) is 4.34 Å². The number of hydrogen-bond donors (Lipinski definition) is 0. The van der Waals surface area contributed by atoms with Gasteiger partial charge in [-0.15, -0.1) is 11.3 Å². The molecule has 0 aliphatic rings. The summed E-state index contributed by atoms with van der Waals surface area (Å²) in [6, 6.07) is 11.4. The predicted octanol–water partition coefficient (Wildman–Crippen LogP) is 6.22. The largest absolute Gasteiger partial charge is 0.279 e. The van der Waals surface area contributed by atoms with Crippen molar-refractivity contribution in [2.45, 2.75) is 13.5 Å². The molecule has 0 spiro atoms. The Balaban J connectivity index is 1.80. The van der Waals surface area contributed by atoms with Crippen molar-refractivity contribution in [1.82, 2.24) is 9.97 Å². The molecule has 0 atom stereocenters. The number of hydrogen-bond acceptors (Lipinski definition) is 5. The van der Waals surface area contributed by atoms with Crippen LogP contribution < -0.4 is 4.90 Å². The molecule has 1 amide bonds. The van der Waals surface area contributed by atoms with Crippen molar-refractivity contribution in [3.63, 3.8) is 0 Å². The number of carbonyl (C=O) groups is 1. The third-order valence-corrected chi connectivity index (χ3v) is 6.57. The molecule has 0 unspecified atom stereocenters. The molecule has 0 radical (unpaired) electrons. The Morgan fingerprint density at radius 2 is 2.04 bits per heavy atom. The fourth-order valence-electron chi connectivity index (χ4n) is 2.72. The van der Waals surface area contributed by atoms with E-state index in [0.717, 1.165) is 21.3 Å². The highest BCUT2D eigenvalue weighted by atomic mass is 35.5. The molecule has 0 fully saturated rings. The number of thiazole rings is 1. The fraction of sp³-hybridized carbons (Fsp3) is 0.105. The molecular weight excluding hydrogens is 421 g/mol. The maximum absolute atomic E-state index is 13.3. The van der Waals surface area contributed by atoms with Crippen LogP contribution in [0.1, 0.15) is 21.5 Å². The molecule has 0 N–H and O–H groups in total. The van der Waals surface area contributed by atoms with Crippen LogP contribution in [0.3, 0.4) is 0 Å². The van der Waals surface area contributed by atoms with Gasteiger partial charge in [0.05, 0.1) is 26.7 Å². The van der Waals surface area contributed by atoms with Gasteiger partial charge in [-0.1, -0.05) is 52.7 Å². The summed E-state index contributed by atoms with van der Waals surface area (Å²) in [7, 11) is 0. The van der Waals surface area contributed by atoms with E-state index in [4.69, 9.17) is 28.2 Å². The monoisotopic (exact) mass is 433 g/mol. The van der Waals surface area contributed by atoms with Crippen molar-refractivity contribution >= 4 is 67.1 Å². The predicted molar refractivity (Wildman–Crippen MR) is 113 cm³/mol. The van der Waals surface area contributed by atoms with E-state index in [-0.39, 0.29) is 5.91 Å². The number of aromatic nitrogens is 2. The van der Waals surface area contributed by atoms with Crippen molar-refractivity contribution in [2.24, 2.45) is 0 Å².